The number of hydrogen-bond acceptors (Lipinski definition) is 14. The Bertz CT molecular complexity index is 2210. The quantitative estimate of drug-likeness (QED) is 0.0731. The molecule has 0 unspecified atom stereocenters. The van der Waals surface area contributed by atoms with Crippen LogP contribution in [0.25, 0.3) is 10.9 Å². The Morgan fingerprint density at radius 3 is 2.44 bits per heavy atom. The van der Waals surface area contributed by atoms with Crippen molar-refractivity contribution < 1.29 is 51.4 Å². The van der Waals surface area contributed by atoms with Crippen molar-refractivity contribution >= 4 is 46.3 Å². The minimum atomic E-state index is -4.55. The molecule has 1 saturated carbocycles. The second kappa shape index (κ2) is 26.1. The van der Waals surface area contributed by atoms with Gasteiger partial charge < -0.3 is 55.5 Å². The smallest absolute Gasteiger partial charge is 0.379 e. The molecule has 4 heterocycles. The number of amides is 5. The summed E-state index contributed by atoms with van der Waals surface area (Å²) in [5, 5.41) is 15.3. The van der Waals surface area contributed by atoms with Gasteiger partial charge in [0.05, 0.1) is 61.6 Å². The van der Waals surface area contributed by atoms with E-state index in [9.17, 15) is 37.1 Å². The lowest BCUT2D eigenvalue weighted by atomic mass is 9.84. The third-order valence-corrected chi connectivity index (χ3v) is 13.3. The Hall–Kier alpha value is -5.55. The molecule has 0 bridgehead atoms. The molecule has 0 radical (unpaired) electrons. The van der Waals surface area contributed by atoms with Crippen LogP contribution in [0.4, 0.5) is 19.0 Å². The highest BCUT2D eigenvalue weighted by molar-refractivity contribution is 5.93. The van der Waals surface area contributed by atoms with E-state index < -0.39 is 23.7 Å². The summed E-state index contributed by atoms with van der Waals surface area (Å²) in [6.07, 6.45) is 3.65. The van der Waals surface area contributed by atoms with Crippen LogP contribution in [-0.4, -0.2) is 176 Å². The zero-order chi connectivity index (χ0) is 50.2. The number of hydrogen-bond donors (Lipinski definition) is 5. The molecule has 3 fully saturated rings. The zero-order valence-corrected chi connectivity index (χ0v) is 40.5. The van der Waals surface area contributed by atoms with Gasteiger partial charge in [0, 0.05) is 82.5 Å². The fourth-order valence-corrected chi connectivity index (χ4v) is 9.33. The topological polar surface area (TPSA) is 222 Å². The molecule has 6 rings (SSSR count). The first kappa shape index (κ1) is 53.8. The monoisotopic (exact) mass is 984 g/mol. The van der Waals surface area contributed by atoms with Gasteiger partial charge in [0.25, 0.3) is 0 Å². The van der Waals surface area contributed by atoms with Crippen LogP contribution in [0.5, 0.6) is 0 Å². The van der Waals surface area contributed by atoms with Crippen molar-refractivity contribution in [2.24, 2.45) is 5.92 Å². The van der Waals surface area contributed by atoms with Crippen molar-refractivity contribution in [1.82, 2.24) is 50.9 Å². The standard InChI is InChI=1S/C48H68F3N11O8/c1-31(2)60(3)34-9-11-40(62-19-13-38(47(62)67)59-45-35-25-33(48(49,50)51)8-10-37(35)56-30-57-45)39(26-34)58-42(64)29-70-22-17-54-41(63)12-16-52-15-6-20-68-23-24-69-21-18-55-46(66)36-27-43(65)61(4)44(36)32-7-5-14-53-28-32/h5,7-8,10,14,25,28,30-31,34,36,38-40,44,52H,6,9,11-13,15-24,26-27,29H2,1-4H3,(H,54,63)(H,55,66)(H,58,64)(H,56,57,59)/t34-,36+,38+,39-,40+,44-/m1/s1. The number of fused-ring (bicyclic) bond motifs is 1. The molecule has 1 aromatic carbocycles. The lowest BCUT2D eigenvalue weighted by Crippen LogP contribution is -2.59. The number of carbonyl (C=O) groups excluding carboxylic acids is 5. The number of ether oxygens (including phenoxy) is 3. The molecule has 3 aromatic rings. The molecule has 5 N–H and O–H groups in total. The first-order valence-electron chi connectivity index (χ1n) is 24.2. The predicted molar refractivity (Wildman–Crippen MR) is 253 cm³/mol. The normalized spacial score (nSPS) is 21.8. The van der Waals surface area contributed by atoms with Gasteiger partial charge in [0.2, 0.25) is 29.5 Å². The number of nitrogens with one attached hydrogen (secondary N) is 5. The molecule has 2 aromatic heterocycles. The van der Waals surface area contributed by atoms with Gasteiger partial charge in [-0.25, -0.2) is 9.97 Å². The third-order valence-electron chi connectivity index (χ3n) is 13.3. The average Bonchev–Trinajstić information content (AvgIpc) is 3.85. The average molecular weight is 984 g/mol. The molecule has 6 atom stereocenters. The van der Waals surface area contributed by atoms with Crippen LogP contribution in [-0.2, 0) is 44.4 Å². The summed E-state index contributed by atoms with van der Waals surface area (Å²) in [6.45, 7) is 7.78. The van der Waals surface area contributed by atoms with Crippen LogP contribution in [0, 0.1) is 5.92 Å². The van der Waals surface area contributed by atoms with Crippen LogP contribution in [0.2, 0.25) is 0 Å². The number of rotatable bonds is 26. The molecule has 384 valence electrons. The molecule has 5 amide bonds. The lowest BCUT2D eigenvalue weighted by molar-refractivity contribution is -0.137. The van der Waals surface area contributed by atoms with Crippen molar-refractivity contribution in [2.75, 3.05) is 91.8 Å². The minimum Gasteiger partial charge on any atom is -0.379 e. The van der Waals surface area contributed by atoms with Crippen molar-refractivity contribution in [3.63, 3.8) is 0 Å². The summed E-state index contributed by atoms with van der Waals surface area (Å²) in [5.41, 5.74) is 0.306. The van der Waals surface area contributed by atoms with Crippen molar-refractivity contribution in [1.29, 1.82) is 0 Å². The second-order valence-electron chi connectivity index (χ2n) is 18.3. The SMILES string of the molecule is CC(C)N(C)[C@@H]1CC[C@H](N2CC[C@H](Nc3ncnc4ccc(C(F)(F)F)cc34)C2=O)[C@H](NC(=O)COCCNC(=O)CCNCCCOCCOCCNC(=O)[C@H]2CC(=O)N(C)[C@@H]2c2cccnc2)C1. The number of nitrogens with zero attached hydrogens (tertiary/aromatic N) is 6. The number of halogens is 3. The van der Waals surface area contributed by atoms with E-state index in [2.05, 4.69) is 60.3 Å². The lowest BCUT2D eigenvalue weighted by Gasteiger charge is -2.44. The Morgan fingerprint density at radius 2 is 1.69 bits per heavy atom. The predicted octanol–water partition coefficient (Wildman–Crippen LogP) is 2.67. The van der Waals surface area contributed by atoms with Crippen LogP contribution in [0.15, 0.2) is 49.1 Å². The zero-order valence-electron chi connectivity index (χ0n) is 40.5. The first-order valence-corrected chi connectivity index (χ1v) is 24.2. The van der Waals surface area contributed by atoms with E-state index in [0.29, 0.717) is 77.4 Å². The van der Waals surface area contributed by atoms with Gasteiger partial charge in [-0.2, -0.15) is 13.2 Å². The third kappa shape index (κ3) is 15.0. The molecule has 3 aliphatic rings. The maximum Gasteiger partial charge on any atom is 0.416 e. The van der Waals surface area contributed by atoms with Crippen LogP contribution in [0.3, 0.4) is 0 Å². The van der Waals surface area contributed by atoms with E-state index in [1.54, 1.807) is 35.3 Å². The van der Waals surface area contributed by atoms with E-state index in [-0.39, 0.29) is 104 Å². The highest BCUT2D eigenvalue weighted by atomic mass is 19.4. The second-order valence-corrected chi connectivity index (χ2v) is 18.3. The molecule has 70 heavy (non-hydrogen) atoms. The largest absolute Gasteiger partial charge is 0.416 e. The van der Waals surface area contributed by atoms with Gasteiger partial charge >= 0.3 is 6.18 Å². The molecule has 22 heteroatoms. The summed E-state index contributed by atoms with van der Waals surface area (Å²) in [7, 11) is 3.75. The van der Waals surface area contributed by atoms with Gasteiger partial charge in [-0.1, -0.05) is 6.07 Å². The molecule has 0 spiro atoms. The molecular weight excluding hydrogens is 916 g/mol. The number of benzene rings is 1. The number of aromatic nitrogens is 3. The highest BCUT2D eigenvalue weighted by Crippen LogP contribution is 2.37. The van der Waals surface area contributed by atoms with Gasteiger partial charge in [0.1, 0.15) is 24.8 Å². The fourth-order valence-electron chi connectivity index (χ4n) is 9.33. The van der Waals surface area contributed by atoms with E-state index in [4.69, 9.17) is 14.2 Å². The number of anilines is 1. The van der Waals surface area contributed by atoms with Gasteiger partial charge in [0.15, 0.2) is 0 Å². The van der Waals surface area contributed by atoms with Crippen molar-refractivity contribution in [2.45, 2.75) is 101 Å². The molecule has 2 aliphatic heterocycles. The van der Waals surface area contributed by atoms with E-state index in [1.807, 2.05) is 13.1 Å². The summed E-state index contributed by atoms with van der Waals surface area (Å²) in [6, 6.07) is 5.58. The Labute approximate surface area is 406 Å². The highest BCUT2D eigenvalue weighted by Gasteiger charge is 2.44. The van der Waals surface area contributed by atoms with E-state index in [1.165, 1.54) is 12.4 Å². The van der Waals surface area contributed by atoms with E-state index in [0.717, 1.165) is 30.5 Å². The number of carbonyl (C=O) groups is 5. The molecule has 1 aliphatic carbocycles. The Morgan fingerprint density at radius 1 is 0.914 bits per heavy atom. The number of alkyl halides is 3. The molecular formula is C48H68F3N11O8. The van der Waals surface area contributed by atoms with Crippen LogP contribution < -0.4 is 26.6 Å². The molecule has 2 saturated heterocycles. The summed E-state index contributed by atoms with van der Waals surface area (Å²) in [5.74, 6) is -1.33. The molecule has 19 nitrogen and oxygen atoms in total. The van der Waals surface area contributed by atoms with Crippen molar-refractivity contribution in [3.05, 3.63) is 60.2 Å². The van der Waals surface area contributed by atoms with E-state index >= 15 is 0 Å². The summed E-state index contributed by atoms with van der Waals surface area (Å²) < 4.78 is 57.4. The van der Waals surface area contributed by atoms with Crippen molar-refractivity contribution in [3.8, 4) is 0 Å². The maximum absolute atomic E-state index is 13.9. The first-order chi connectivity index (χ1) is 33.6. The minimum absolute atomic E-state index is 0.0814. The Kier molecular flexibility index (Phi) is 20.0. The summed E-state index contributed by atoms with van der Waals surface area (Å²) in [4.78, 5) is 82.8. The van der Waals surface area contributed by atoms with Gasteiger partial charge in [-0.15, -0.1) is 0 Å². The maximum atomic E-state index is 13.9. The van der Waals surface area contributed by atoms with Gasteiger partial charge in [-0.3, -0.25) is 29.0 Å². The van der Waals surface area contributed by atoms with Crippen LogP contribution in [0.1, 0.15) is 76.0 Å². The summed E-state index contributed by atoms with van der Waals surface area (Å²) >= 11 is 0. The Balaban J connectivity index is 0.811. The van der Waals surface area contributed by atoms with Crippen LogP contribution >= 0.6 is 0 Å². The fraction of sp³-hybridized carbons (Fsp3) is 0.625. The number of likely N-dealkylation sites (tertiary alicyclic amines) is 2. The van der Waals surface area contributed by atoms with Gasteiger partial charge in [-0.05, 0) is 89.4 Å². The number of pyridine rings is 1.